The number of esters is 1. The lowest BCUT2D eigenvalue weighted by Crippen LogP contribution is -2.27. The van der Waals surface area contributed by atoms with Gasteiger partial charge < -0.3 is 13.6 Å². The zero-order chi connectivity index (χ0) is 21.3. The van der Waals surface area contributed by atoms with E-state index in [-0.39, 0.29) is 28.8 Å². The maximum absolute atomic E-state index is 13.4. The van der Waals surface area contributed by atoms with Gasteiger partial charge in [-0.05, 0) is 48.2 Å². The summed E-state index contributed by atoms with van der Waals surface area (Å²) in [6, 6.07) is 12.1. The zero-order valence-corrected chi connectivity index (χ0v) is 16.4. The molecule has 0 aliphatic carbocycles. The van der Waals surface area contributed by atoms with Crippen molar-refractivity contribution >= 4 is 35.0 Å². The molecule has 0 unspecified atom stereocenters. The molecule has 1 fully saturated rings. The first-order valence-electron chi connectivity index (χ1n) is 8.73. The van der Waals surface area contributed by atoms with Crippen LogP contribution in [0.25, 0.3) is 17.4 Å². The molecular weight excluding hydrogens is 413 g/mol. The van der Waals surface area contributed by atoms with Crippen LogP contribution in [0, 0.1) is 5.82 Å². The second-order valence-electron chi connectivity index (χ2n) is 6.24. The number of methoxy groups -OCH3 is 1. The number of rotatable bonds is 5. The Kier molecular flexibility index (Phi) is 5.28. The van der Waals surface area contributed by atoms with Crippen molar-refractivity contribution in [3.05, 3.63) is 76.5 Å². The van der Waals surface area contributed by atoms with Crippen LogP contribution in [-0.4, -0.2) is 29.1 Å². The van der Waals surface area contributed by atoms with E-state index in [1.807, 2.05) is 0 Å². The van der Waals surface area contributed by atoms with Gasteiger partial charge in [0, 0.05) is 11.6 Å². The Labute approximate surface area is 174 Å². The molecule has 9 heteroatoms. The van der Waals surface area contributed by atoms with Gasteiger partial charge in [0.05, 0.1) is 18.6 Å². The number of furan rings is 2. The molecule has 1 aliphatic heterocycles. The number of carbonyl (C=O) groups excluding carboxylic acids is 3. The molecule has 0 bridgehead atoms. The Hall–Kier alpha value is -3.59. The largest absolute Gasteiger partial charge is 0.463 e. The van der Waals surface area contributed by atoms with Gasteiger partial charge in [0.25, 0.3) is 11.1 Å². The lowest BCUT2D eigenvalue weighted by atomic mass is 10.2. The second kappa shape index (κ2) is 8.03. The smallest absolute Gasteiger partial charge is 0.373 e. The standard InChI is InChI=1S/C21H14FNO6S/c1-27-20(25)17-8-6-15(29-17)11-23-19(24)18(30-21(23)26)10-14-5-7-16(28-14)12-3-2-4-13(22)9-12/h2-10H,11H2,1H3. The first-order chi connectivity index (χ1) is 14.4. The third kappa shape index (κ3) is 3.92. The van der Waals surface area contributed by atoms with Crippen molar-refractivity contribution in [1.29, 1.82) is 0 Å². The number of ether oxygens (including phenoxy) is 1. The minimum absolute atomic E-state index is 0.0181. The second-order valence-corrected chi connectivity index (χ2v) is 7.23. The normalized spacial score (nSPS) is 15.3. The molecule has 0 saturated carbocycles. The first kappa shape index (κ1) is 19.7. The van der Waals surface area contributed by atoms with Gasteiger partial charge in [-0.15, -0.1) is 0 Å². The van der Waals surface area contributed by atoms with E-state index in [0.717, 1.165) is 16.7 Å². The van der Waals surface area contributed by atoms with E-state index in [2.05, 4.69) is 4.74 Å². The van der Waals surface area contributed by atoms with Crippen molar-refractivity contribution in [2.75, 3.05) is 7.11 Å². The summed E-state index contributed by atoms with van der Waals surface area (Å²) in [6.07, 6.45) is 1.45. The van der Waals surface area contributed by atoms with Crippen molar-refractivity contribution < 1.29 is 32.3 Å². The molecule has 152 valence electrons. The molecule has 30 heavy (non-hydrogen) atoms. The Morgan fingerprint density at radius 2 is 2.00 bits per heavy atom. The van der Waals surface area contributed by atoms with Crippen molar-refractivity contribution in [3.63, 3.8) is 0 Å². The Morgan fingerprint density at radius 1 is 1.17 bits per heavy atom. The highest BCUT2D eigenvalue weighted by atomic mass is 32.2. The van der Waals surface area contributed by atoms with Gasteiger partial charge in [-0.3, -0.25) is 14.5 Å². The fraction of sp³-hybridized carbons (Fsp3) is 0.0952. The number of amides is 2. The van der Waals surface area contributed by atoms with Crippen molar-refractivity contribution in [3.8, 4) is 11.3 Å². The zero-order valence-electron chi connectivity index (χ0n) is 15.6. The minimum atomic E-state index is -0.651. The number of hydrogen-bond donors (Lipinski definition) is 0. The van der Waals surface area contributed by atoms with E-state index < -0.39 is 17.1 Å². The van der Waals surface area contributed by atoms with E-state index in [0.29, 0.717) is 17.1 Å². The summed E-state index contributed by atoms with van der Waals surface area (Å²) in [7, 11) is 1.22. The van der Waals surface area contributed by atoms with Gasteiger partial charge in [0.1, 0.15) is 23.1 Å². The molecular formula is C21H14FNO6S. The summed E-state index contributed by atoms with van der Waals surface area (Å²) in [5, 5.41) is -0.473. The van der Waals surface area contributed by atoms with Crippen LogP contribution in [0.1, 0.15) is 22.1 Å². The maximum atomic E-state index is 13.4. The third-order valence-corrected chi connectivity index (χ3v) is 5.15. The Balaban J connectivity index is 1.50. The number of imide groups is 1. The lowest BCUT2D eigenvalue weighted by molar-refractivity contribution is -0.123. The molecule has 3 heterocycles. The Bertz CT molecular complexity index is 1180. The predicted molar refractivity (Wildman–Crippen MR) is 106 cm³/mol. The van der Waals surface area contributed by atoms with Crippen molar-refractivity contribution in [2.24, 2.45) is 0 Å². The number of thioether (sulfide) groups is 1. The molecule has 1 saturated heterocycles. The predicted octanol–water partition coefficient (Wildman–Crippen LogP) is 4.70. The van der Waals surface area contributed by atoms with Crippen molar-refractivity contribution in [1.82, 2.24) is 4.90 Å². The summed E-state index contributed by atoms with van der Waals surface area (Å²) in [5.74, 6) is -0.510. The quantitative estimate of drug-likeness (QED) is 0.431. The number of halogens is 1. The highest BCUT2D eigenvalue weighted by molar-refractivity contribution is 8.18. The molecule has 1 aliphatic rings. The van der Waals surface area contributed by atoms with Gasteiger partial charge in [-0.25, -0.2) is 9.18 Å². The summed E-state index contributed by atoms with van der Waals surface area (Å²) in [4.78, 5) is 37.6. The molecule has 0 radical (unpaired) electrons. The minimum Gasteiger partial charge on any atom is -0.463 e. The van der Waals surface area contributed by atoms with Crippen LogP contribution in [0.15, 0.2) is 62.3 Å². The summed E-state index contributed by atoms with van der Waals surface area (Å²) in [6.45, 7) is -0.119. The number of nitrogens with zero attached hydrogens (tertiary/aromatic N) is 1. The van der Waals surface area contributed by atoms with E-state index in [9.17, 15) is 18.8 Å². The fourth-order valence-corrected chi connectivity index (χ4v) is 3.64. The summed E-state index contributed by atoms with van der Waals surface area (Å²) < 4.78 is 28.9. The Morgan fingerprint density at radius 3 is 2.77 bits per heavy atom. The monoisotopic (exact) mass is 427 g/mol. The van der Waals surface area contributed by atoms with E-state index in [1.165, 1.54) is 37.5 Å². The number of benzene rings is 1. The maximum Gasteiger partial charge on any atom is 0.373 e. The van der Waals surface area contributed by atoms with Crippen LogP contribution < -0.4 is 0 Å². The highest BCUT2D eigenvalue weighted by Crippen LogP contribution is 2.34. The molecule has 2 aromatic heterocycles. The molecule has 7 nitrogen and oxygen atoms in total. The molecule has 0 spiro atoms. The average molecular weight is 427 g/mol. The van der Waals surface area contributed by atoms with Gasteiger partial charge in [0.15, 0.2) is 0 Å². The number of hydrogen-bond acceptors (Lipinski definition) is 7. The SMILES string of the molecule is COC(=O)c1ccc(CN2C(=O)SC(=Cc3ccc(-c4cccc(F)c4)o3)C2=O)o1. The first-order valence-corrected chi connectivity index (χ1v) is 9.54. The van der Waals surface area contributed by atoms with E-state index in [1.54, 1.807) is 24.3 Å². The third-order valence-electron chi connectivity index (χ3n) is 4.25. The summed E-state index contributed by atoms with van der Waals surface area (Å²) in [5.41, 5.74) is 0.557. The van der Waals surface area contributed by atoms with Crippen LogP contribution in [-0.2, 0) is 16.1 Å². The van der Waals surface area contributed by atoms with Crippen LogP contribution in [0.4, 0.5) is 9.18 Å². The van der Waals surface area contributed by atoms with Gasteiger partial charge >= 0.3 is 5.97 Å². The van der Waals surface area contributed by atoms with Gasteiger partial charge in [0.2, 0.25) is 5.76 Å². The molecule has 2 amide bonds. The van der Waals surface area contributed by atoms with E-state index >= 15 is 0 Å². The fourth-order valence-electron chi connectivity index (χ4n) is 2.82. The van der Waals surface area contributed by atoms with Gasteiger partial charge in [-0.1, -0.05) is 12.1 Å². The molecule has 0 atom stereocenters. The molecule has 0 N–H and O–H groups in total. The van der Waals surface area contributed by atoms with Gasteiger partial charge in [-0.2, -0.15) is 0 Å². The highest BCUT2D eigenvalue weighted by Gasteiger charge is 2.36. The molecule has 1 aromatic carbocycles. The lowest BCUT2D eigenvalue weighted by Gasteiger charge is -2.09. The molecule has 4 rings (SSSR count). The molecule has 3 aromatic rings. The average Bonchev–Trinajstić information content (AvgIpc) is 3.45. The summed E-state index contributed by atoms with van der Waals surface area (Å²) >= 11 is 0.766. The van der Waals surface area contributed by atoms with Crippen LogP contribution in [0.5, 0.6) is 0 Å². The number of carbonyl (C=O) groups is 3. The van der Waals surface area contributed by atoms with Crippen LogP contribution in [0.2, 0.25) is 0 Å². The van der Waals surface area contributed by atoms with Crippen LogP contribution >= 0.6 is 11.8 Å². The topological polar surface area (TPSA) is 90.0 Å². The van der Waals surface area contributed by atoms with E-state index in [4.69, 9.17) is 8.83 Å². The van der Waals surface area contributed by atoms with Crippen molar-refractivity contribution in [2.45, 2.75) is 6.54 Å². The van der Waals surface area contributed by atoms with Crippen LogP contribution in [0.3, 0.4) is 0 Å².